The molecule has 0 fully saturated rings. The zero-order chi connectivity index (χ0) is 54.1. The van der Waals surface area contributed by atoms with Crippen LogP contribution in [-0.4, -0.2) is 0 Å². The summed E-state index contributed by atoms with van der Waals surface area (Å²) in [6.45, 7) is 0. The number of hydrogen-bond acceptors (Lipinski definition) is 1. The van der Waals surface area contributed by atoms with Crippen LogP contribution < -0.4 is 0 Å². The Bertz CT molecular complexity index is 3950. The smallest absolute Gasteiger partial charge is 0.143 e. The molecule has 0 atom stereocenters. The lowest BCUT2D eigenvalue weighted by Gasteiger charge is -2.17. The molecule has 0 aliphatic rings. The highest BCUT2D eigenvalue weighted by Gasteiger charge is 2.18. The third-order valence-corrected chi connectivity index (χ3v) is 7.06. The first-order valence-electron chi connectivity index (χ1n) is 27.2. The van der Waals surface area contributed by atoms with Crippen LogP contribution in [0.15, 0.2) is 174 Å². The molecule has 1 heterocycles. The summed E-state index contributed by atoms with van der Waals surface area (Å²) in [6, 6.07) is -26.2. The molecule has 8 aromatic carbocycles. The van der Waals surface area contributed by atoms with Gasteiger partial charge in [0, 0.05) is 16.3 Å². The van der Waals surface area contributed by atoms with Gasteiger partial charge in [-0.1, -0.05) is 157 Å². The Morgan fingerprint density at radius 1 is 0.333 bits per heavy atom. The SMILES string of the molecule is [2H]c1c([2H])c([2H])c(-c2c([2H])c([2H])c(-c3c([2H])c([2H])c([2H])c4c3oc3c([2H])c([2H])c(-c5c6c([2H])c([2H])c([2H])c([2H])c6c(-c6c([2H])c([2H])c([2H])c([2H])c6[2H])c6c([2H])c([2H])c([2H])c([2H])c56)c([2H])c34)c([2H])c2[2H])c([2H])c1[2H]. The Hall–Kier alpha value is -5.92. The van der Waals surface area contributed by atoms with Gasteiger partial charge in [0.25, 0.3) is 0 Å². The van der Waals surface area contributed by atoms with E-state index in [2.05, 4.69) is 0 Å². The molecule has 0 radical (unpaired) electrons. The van der Waals surface area contributed by atoms with E-state index in [1.165, 1.54) is 0 Å². The van der Waals surface area contributed by atoms with E-state index in [4.69, 9.17) is 33.2 Å². The van der Waals surface area contributed by atoms with Gasteiger partial charge in [0.05, 0.1) is 38.4 Å². The van der Waals surface area contributed by atoms with E-state index < -0.39 is 257 Å². The van der Waals surface area contributed by atoms with Crippen molar-refractivity contribution in [3.63, 3.8) is 0 Å². The van der Waals surface area contributed by atoms with Crippen LogP contribution in [0.4, 0.5) is 0 Å². The van der Waals surface area contributed by atoms with E-state index in [9.17, 15) is 9.60 Å². The summed E-state index contributed by atoms with van der Waals surface area (Å²) in [5, 5.41) is -4.01. The molecule has 0 aliphatic carbocycles. The monoisotopic (exact) mass is 600 g/mol. The Morgan fingerprint density at radius 3 is 1.42 bits per heavy atom. The fourth-order valence-electron chi connectivity index (χ4n) is 5.16. The summed E-state index contributed by atoms with van der Waals surface area (Å²) in [4.78, 5) is 0. The van der Waals surface area contributed by atoms with Crippen molar-refractivity contribution in [2.75, 3.05) is 0 Å². The van der Waals surface area contributed by atoms with Gasteiger partial charge in [0.15, 0.2) is 0 Å². The number of furan rings is 1. The zero-order valence-corrected chi connectivity index (χ0v) is 22.4. The molecule has 0 saturated heterocycles. The highest BCUT2D eigenvalue weighted by atomic mass is 16.3. The molecular formula is C44H28O. The first-order chi connectivity index (χ1) is 34.0. The molecule has 45 heavy (non-hydrogen) atoms. The summed E-state index contributed by atoms with van der Waals surface area (Å²) in [6.07, 6.45) is 0. The number of hydrogen-bond donors (Lipinski definition) is 0. The molecular weight excluding hydrogens is 544 g/mol. The highest BCUT2D eigenvalue weighted by Crippen LogP contribution is 2.45. The second-order valence-electron chi connectivity index (χ2n) is 9.51. The summed E-state index contributed by atoms with van der Waals surface area (Å²) in [7, 11) is 0. The van der Waals surface area contributed by atoms with E-state index in [-0.39, 0.29) is 0 Å². The molecule has 1 nitrogen and oxygen atoms in total. The van der Waals surface area contributed by atoms with E-state index in [1.807, 2.05) is 0 Å². The van der Waals surface area contributed by atoms with Gasteiger partial charge in [-0.3, -0.25) is 0 Å². The molecule has 0 amide bonds. The van der Waals surface area contributed by atoms with Crippen molar-refractivity contribution >= 4 is 43.5 Å². The number of rotatable bonds is 4. The normalized spacial score (nSPS) is 20.3. The summed E-state index contributed by atoms with van der Waals surface area (Å²) in [5.74, 6) is 0. The topological polar surface area (TPSA) is 13.1 Å². The van der Waals surface area contributed by atoms with Crippen LogP contribution in [0.5, 0.6) is 0 Å². The Kier molecular flexibility index (Phi) is 2.32. The first-order valence-corrected chi connectivity index (χ1v) is 13.2. The van der Waals surface area contributed by atoms with Gasteiger partial charge in [-0.15, -0.1) is 0 Å². The standard InChI is InChI=1S/C44H28O/c1-3-12-29(13-4-1)30-22-24-31(25-23-30)34-20-11-21-39-40-28-33(26-27-41(40)45-44(34)39)43-37-18-9-7-16-35(37)42(32-14-5-2-6-15-32)36-17-8-10-19-38(36)43/h1-28H/i1D,2D,3D,4D,5D,6D,7D,8D,9D,10D,11D,12D,13D,14D,15D,16D,17D,18D,19D,20D,21D,22D,23D,24D,25D,26D,27D,28D. The van der Waals surface area contributed by atoms with Crippen molar-refractivity contribution in [1.29, 1.82) is 0 Å². The molecule has 0 N–H and O–H groups in total. The minimum absolute atomic E-state index is 0.606. The van der Waals surface area contributed by atoms with Gasteiger partial charge in [0.1, 0.15) is 11.2 Å². The fourth-order valence-corrected chi connectivity index (χ4v) is 5.16. The molecule has 9 rings (SSSR count). The zero-order valence-electron chi connectivity index (χ0n) is 50.4. The summed E-state index contributed by atoms with van der Waals surface area (Å²) < 4.78 is 254. The van der Waals surface area contributed by atoms with Crippen LogP contribution in [0.3, 0.4) is 0 Å². The average molecular weight is 601 g/mol. The van der Waals surface area contributed by atoms with Crippen LogP contribution in [0.1, 0.15) is 38.4 Å². The lowest BCUT2D eigenvalue weighted by atomic mass is 9.86. The first kappa shape index (κ1) is 10.1. The predicted octanol–water partition coefficient (Wildman–Crippen LogP) is 12.6. The van der Waals surface area contributed by atoms with E-state index in [1.54, 1.807) is 0 Å². The number of fused-ring (bicyclic) bond motifs is 5. The van der Waals surface area contributed by atoms with Crippen molar-refractivity contribution in [3.05, 3.63) is 169 Å². The fraction of sp³-hybridized carbons (Fsp3) is 0. The lowest BCUT2D eigenvalue weighted by Crippen LogP contribution is -1.90. The Morgan fingerprint density at radius 2 is 0.800 bits per heavy atom. The second-order valence-corrected chi connectivity index (χ2v) is 9.51. The summed E-state index contributed by atoms with van der Waals surface area (Å²) >= 11 is 0. The van der Waals surface area contributed by atoms with Crippen LogP contribution >= 0.6 is 0 Å². The van der Waals surface area contributed by atoms with Crippen LogP contribution in [-0.2, 0) is 0 Å². The maximum atomic E-state index is 9.85. The van der Waals surface area contributed by atoms with Crippen molar-refractivity contribution < 1.29 is 42.8 Å². The molecule has 1 heteroatoms. The number of benzene rings is 8. The van der Waals surface area contributed by atoms with Crippen LogP contribution in [0.2, 0.25) is 0 Å². The quantitative estimate of drug-likeness (QED) is 0.183. The third-order valence-electron chi connectivity index (χ3n) is 7.06. The molecule has 210 valence electrons. The minimum atomic E-state index is -1.01. The van der Waals surface area contributed by atoms with Crippen molar-refractivity contribution in [2.24, 2.45) is 0 Å². The third kappa shape index (κ3) is 4.17. The molecule has 0 spiro atoms. The molecule has 0 unspecified atom stereocenters. The highest BCUT2D eigenvalue weighted by molar-refractivity contribution is 6.22. The van der Waals surface area contributed by atoms with Gasteiger partial charge < -0.3 is 4.42 Å². The molecule has 0 bridgehead atoms. The van der Waals surface area contributed by atoms with Gasteiger partial charge >= 0.3 is 0 Å². The van der Waals surface area contributed by atoms with Crippen LogP contribution in [0, 0.1) is 0 Å². The minimum Gasteiger partial charge on any atom is -0.455 e. The van der Waals surface area contributed by atoms with Crippen molar-refractivity contribution in [1.82, 2.24) is 0 Å². The van der Waals surface area contributed by atoms with Gasteiger partial charge in [-0.05, 0) is 72.6 Å². The molecule has 0 aliphatic heterocycles. The van der Waals surface area contributed by atoms with Gasteiger partial charge in [0.2, 0.25) is 0 Å². The largest absolute Gasteiger partial charge is 0.455 e. The lowest BCUT2D eigenvalue weighted by molar-refractivity contribution is 0.670. The predicted molar refractivity (Wildman–Crippen MR) is 190 cm³/mol. The average Bonchev–Trinajstić information content (AvgIpc) is 3.77. The molecule has 0 saturated carbocycles. The Balaban J connectivity index is 1.51. The van der Waals surface area contributed by atoms with E-state index in [0.717, 1.165) is 0 Å². The maximum absolute atomic E-state index is 9.85. The van der Waals surface area contributed by atoms with Crippen molar-refractivity contribution in [3.8, 4) is 44.5 Å². The Labute approximate surface area is 301 Å². The van der Waals surface area contributed by atoms with Gasteiger partial charge in [-0.2, -0.15) is 0 Å². The van der Waals surface area contributed by atoms with E-state index in [0.29, 0.717) is 0 Å². The van der Waals surface area contributed by atoms with Crippen molar-refractivity contribution in [2.45, 2.75) is 0 Å². The summed E-state index contributed by atoms with van der Waals surface area (Å²) in [5.41, 5.74) is -7.25. The van der Waals surface area contributed by atoms with E-state index >= 15 is 0 Å². The van der Waals surface area contributed by atoms with Crippen LogP contribution in [0.25, 0.3) is 88.0 Å². The number of para-hydroxylation sites is 1. The van der Waals surface area contributed by atoms with Gasteiger partial charge in [-0.25, -0.2) is 0 Å². The maximum Gasteiger partial charge on any atom is 0.143 e. The molecule has 9 aromatic rings. The molecule has 1 aromatic heterocycles. The second kappa shape index (κ2) is 10.4.